The summed E-state index contributed by atoms with van der Waals surface area (Å²) in [6, 6.07) is 0. The molecule has 27 heavy (non-hydrogen) atoms. The van der Waals surface area contributed by atoms with Crippen LogP contribution in [0.15, 0.2) is 29.6 Å². The molecule has 1 aliphatic heterocycles. The summed E-state index contributed by atoms with van der Waals surface area (Å²) in [5.41, 5.74) is 2.82. The summed E-state index contributed by atoms with van der Waals surface area (Å²) in [5.74, 6) is -0.353. The maximum absolute atomic E-state index is 12.8. The molecule has 2 aromatic heterocycles. The zero-order valence-corrected chi connectivity index (χ0v) is 17.3. The third-order valence-electron chi connectivity index (χ3n) is 4.78. The fraction of sp³-hybridized carbons (Fsp3) is 0.444. The molecule has 4 rings (SSSR count). The van der Waals surface area contributed by atoms with Crippen molar-refractivity contribution in [3.63, 3.8) is 0 Å². The van der Waals surface area contributed by atoms with Crippen molar-refractivity contribution in [2.75, 3.05) is 13.2 Å². The molecular formula is C18H19BrClN5O2. The van der Waals surface area contributed by atoms with Gasteiger partial charge in [0.2, 0.25) is 11.2 Å². The van der Waals surface area contributed by atoms with Crippen molar-refractivity contribution in [1.82, 2.24) is 25.1 Å². The molecule has 0 radical (unpaired) electrons. The lowest BCUT2D eigenvalue weighted by Crippen LogP contribution is -2.18. The maximum atomic E-state index is 12.8. The van der Waals surface area contributed by atoms with Gasteiger partial charge in [0.1, 0.15) is 5.92 Å². The molecule has 9 heteroatoms. The van der Waals surface area contributed by atoms with Crippen molar-refractivity contribution >= 4 is 44.5 Å². The first-order valence-corrected chi connectivity index (χ1v) is 10.1. The monoisotopic (exact) mass is 451 g/mol. The Labute approximate surface area is 170 Å². The Morgan fingerprint density at radius 1 is 1.37 bits per heavy atom. The topological polar surface area (TPSA) is 81.9 Å². The number of fused-ring (bicyclic) bond motifs is 2. The number of alkyl halides is 1. The number of carbonyl (C=O) groups excluding carboxylic acids is 1. The number of hydrogen-bond donors (Lipinski definition) is 1. The van der Waals surface area contributed by atoms with E-state index in [2.05, 4.69) is 55.4 Å². The Hall–Kier alpha value is -1.77. The molecule has 1 N–H and O–H groups in total. The average molecular weight is 453 g/mol. The molecule has 7 nitrogen and oxygen atoms in total. The molecule has 1 aliphatic carbocycles. The summed E-state index contributed by atoms with van der Waals surface area (Å²) >= 11 is 9.81. The highest BCUT2D eigenvalue weighted by molar-refractivity contribution is 9.09. The normalized spacial score (nSPS) is 24.6. The number of nitrogens with one attached hydrogen (secondary N) is 1. The lowest BCUT2D eigenvalue weighted by atomic mass is 9.88. The molecular weight excluding hydrogens is 434 g/mol. The van der Waals surface area contributed by atoms with E-state index in [1.165, 1.54) is 0 Å². The lowest BCUT2D eigenvalue weighted by molar-refractivity contribution is -0.119. The SMILES string of the molecule is CCOCCn1cc2c(C3C(=O)NC4=CC(C)C(Br)C=C43)nc(Cl)nc2n1. The van der Waals surface area contributed by atoms with Crippen molar-refractivity contribution in [2.45, 2.75) is 31.1 Å². The third kappa shape index (κ3) is 3.41. The molecule has 142 valence electrons. The molecule has 0 aromatic carbocycles. The Bertz CT molecular complexity index is 970. The Balaban J connectivity index is 1.78. The first-order chi connectivity index (χ1) is 13.0. The van der Waals surface area contributed by atoms with Gasteiger partial charge in [0.25, 0.3) is 0 Å². The van der Waals surface area contributed by atoms with E-state index in [0.29, 0.717) is 31.1 Å². The second-order valence-electron chi connectivity index (χ2n) is 6.63. The van der Waals surface area contributed by atoms with Crippen LogP contribution in [0.1, 0.15) is 25.5 Å². The van der Waals surface area contributed by atoms with E-state index in [-0.39, 0.29) is 21.9 Å². The summed E-state index contributed by atoms with van der Waals surface area (Å²) in [5, 5.41) is 8.24. The number of amides is 1. The van der Waals surface area contributed by atoms with Crippen LogP contribution in [-0.4, -0.2) is 43.7 Å². The van der Waals surface area contributed by atoms with Gasteiger partial charge in [-0.15, -0.1) is 0 Å². The van der Waals surface area contributed by atoms with Crippen LogP contribution in [0.2, 0.25) is 5.28 Å². The van der Waals surface area contributed by atoms with Crippen molar-refractivity contribution in [3.8, 4) is 0 Å². The van der Waals surface area contributed by atoms with Gasteiger partial charge in [0.15, 0.2) is 5.65 Å². The summed E-state index contributed by atoms with van der Waals surface area (Å²) in [6.45, 7) is 5.83. The summed E-state index contributed by atoms with van der Waals surface area (Å²) in [6.07, 6.45) is 5.99. The highest BCUT2D eigenvalue weighted by atomic mass is 79.9. The summed E-state index contributed by atoms with van der Waals surface area (Å²) in [4.78, 5) is 21.6. The molecule has 1 amide bonds. The van der Waals surface area contributed by atoms with Gasteiger partial charge in [-0.25, -0.2) is 4.98 Å². The summed E-state index contributed by atoms with van der Waals surface area (Å²) in [7, 11) is 0. The minimum Gasteiger partial charge on any atom is -0.380 e. The molecule has 3 heterocycles. The fourth-order valence-electron chi connectivity index (χ4n) is 3.43. The van der Waals surface area contributed by atoms with E-state index >= 15 is 0 Å². The van der Waals surface area contributed by atoms with E-state index in [0.717, 1.165) is 16.7 Å². The number of ether oxygens (including phenoxy) is 1. The second-order valence-corrected chi connectivity index (χ2v) is 8.03. The Kier molecular flexibility index (Phi) is 5.05. The predicted octanol–water partition coefficient (Wildman–Crippen LogP) is 2.95. The molecule has 0 spiro atoms. The van der Waals surface area contributed by atoms with Crippen LogP contribution < -0.4 is 5.32 Å². The van der Waals surface area contributed by atoms with Gasteiger partial charge in [0.05, 0.1) is 24.2 Å². The van der Waals surface area contributed by atoms with Crippen LogP contribution in [0.5, 0.6) is 0 Å². The highest BCUT2D eigenvalue weighted by Gasteiger charge is 2.40. The van der Waals surface area contributed by atoms with E-state index in [9.17, 15) is 4.79 Å². The highest BCUT2D eigenvalue weighted by Crippen LogP contribution is 2.41. The number of carbonyl (C=O) groups is 1. The first kappa shape index (κ1) is 18.6. The molecule has 3 atom stereocenters. The molecule has 2 aliphatic rings. The van der Waals surface area contributed by atoms with E-state index in [1.54, 1.807) is 4.68 Å². The number of halogens is 2. The van der Waals surface area contributed by atoms with Gasteiger partial charge in [-0.3, -0.25) is 9.48 Å². The minimum absolute atomic E-state index is 0.0814. The Morgan fingerprint density at radius 2 is 2.19 bits per heavy atom. The van der Waals surface area contributed by atoms with Crippen LogP contribution in [0.4, 0.5) is 0 Å². The van der Waals surface area contributed by atoms with Crippen LogP contribution >= 0.6 is 27.5 Å². The van der Waals surface area contributed by atoms with Crippen LogP contribution in [0, 0.1) is 5.92 Å². The van der Waals surface area contributed by atoms with Crippen molar-refractivity contribution in [2.24, 2.45) is 5.92 Å². The number of hydrogen-bond acceptors (Lipinski definition) is 5. The number of allylic oxidation sites excluding steroid dienone is 3. The number of aromatic nitrogens is 4. The molecule has 0 bridgehead atoms. The maximum Gasteiger partial charge on any atom is 0.238 e. The Morgan fingerprint density at radius 3 is 2.96 bits per heavy atom. The van der Waals surface area contributed by atoms with Crippen molar-refractivity contribution in [1.29, 1.82) is 0 Å². The minimum atomic E-state index is -0.531. The van der Waals surface area contributed by atoms with Crippen molar-refractivity contribution in [3.05, 3.63) is 40.6 Å². The first-order valence-electron chi connectivity index (χ1n) is 8.85. The van der Waals surface area contributed by atoms with Gasteiger partial charge in [-0.05, 0) is 30.0 Å². The smallest absolute Gasteiger partial charge is 0.238 e. The van der Waals surface area contributed by atoms with Gasteiger partial charge in [-0.2, -0.15) is 10.1 Å². The molecule has 1 saturated heterocycles. The second kappa shape index (κ2) is 7.33. The van der Waals surface area contributed by atoms with Gasteiger partial charge in [0, 0.05) is 23.3 Å². The van der Waals surface area contributed by atoms with Crippen LogP contribution in [0.25, 0.3) is 11.0 Å². The largest absolute Gasteiger partial charge is 0.380 e. The van der Waals surface area contributed by atoms with Crippen molar-refractivity contribution < 1.29 is 9.53 Å². The zero-order valence-electron chi connectivity index (χ0n) is 14.9. The number of nitrogens with zero attached hydrogens (tertiary/aromatic N) is 4. The third-order valence-corrected chi connectivity index (χ3v) is 6.05. The van der Waals surface area contributed by atoms with E-state index in [4.69, 9.17) is 16.3 Å². The standard InChI is InChI=1S/C18H19BrClN5O2/c1-3-27-5-4-25-8-11-15(22-18(20)23-16(11)24-25)14-10-7-12(19)9(2)6-13(10)21-17(14)26/h6-9,12,14H,3-5H2,1-2H3,(H,21,26). The number of rotatable bonds is 5. The van der Waals surface area contributed by atoms with Gasteiger partial charge >= 0.3 is 0 Å². The quantitative estimate of drug-likeness (QED) is 0.428. The van der Waals surface area contributed by atoms with E-state index in [1.807, 2.05) is 13.1 Å². The molecule has 3 unspecified atom stereocenters. The van der Waals surface area contributed by atoms with Crippen LogP contribution in [-0.2, 0) is 16.1 Å². The van der Waals surface area contributed by atoms with Gasteiger partial charge < -0.3 is 10.1 Å². The molecule has 0 saturated carbocycles. The summed E-state index contributed by atoms with van der Waals surface area (Å²) < 4.78 is 7.14. The fourth-order valence-corrected chi connectivity index (χ4v) is 4.04. The molecule has 2 aromatic rings. The molecule has 1 fully saturated rings. The average Bonchev–Trinajstić information content (AvgIpc) is 3.15. The predicted molar refractivity (Wildman–Crippen MR) is 106 cm³/mol. The zero-order chi connectivity index (χ0) is 19.1. The van der Waals surface area contributed by atoms with Gasteiger partial charge in [-0.1, -0.05) is 35.0 Å². The van der Waals surface area contributed by atoms with E-state index < -0.39 is 5.92 Å². The van der Waals surface area contributed by atoms with Crippen LogP contribution in [0.3, 0.4) is 0 Å². The lowest BCUT2D eigenvalue weighted by Gasteiger charge is -2.20.